The average Bonchev–Trinajstić information content (AvgIpc) is 2.99. The molecular weight excluding hydrogens is 333 g/mol. The Kier molecular flexibility index (Phi) is 5.78. The van der Waals surface area contributed by atoms with Gasteiger partial charge in [0.25, 0.3) is 0 Å². The van der Waals surface area contributed by atoms with Crippen LogP contribution in [0.5, 0.6) is 0 Å². The summed E-state index contributed by atoms with van der Waals surface area (Å²) in [5, 5.41) is 3.08. The molecule has 1 saturated heterocycles. The third-order valence-corrected chi connectivity index (χ3v) is 4.53. The van der Waals surface area contributed by atoms with Crippen LogP contribution in [0.4, 0.5) is 10.3 Å². The van der Waals surface area contributed by atoms with Gasteiger partial charge in [0.15, 0.2) is 0 Å². The van der Waals surface area contributed by atoms with Gasteiger partial charge in [-0.3, -0.25) is 4.79 Å². The number of nitrogens with zero attached hydrogens (tertiary/aromatic N) is 4. The van der Waals surface area contributed by atoms with Gasteiger partial charge in [-0.25, -0.2) is 14.4 Å². The zero-order valence-electron chi connectivity index (χ0n) is 15.1. The van der Waals surface area contributed by atoms with E-state index in [2.05, 4.69) is 25.1 Å². The lowest BCUT2D eigenvalue weighted by Gasteiger charge is -2.22. The third kappa shape index (κ3) is 4.54. The van der Waals surface area contributed by atoms with Crippen LogP contribution in [0.1, 0.15) is 5.56 Å². The first-order valence-electron chi connectivity index (χ1n) is 8.72. The summed E-state index contributed by atoms with van der Waals surface area (Å²) in [6.45, 7) is 2.26. The largest absolute Gasteiger partial charge is 0.351 e. The van der Waals surface area contributed by atoms with E-state index in [1.54, 1.807) is 36.7 Å². The van der Waals surface area contributed by atoms with E-state index in [4.69, 9.17) is 0 Å². The lowest BCUT2D eigenvalue weighted by molar-refractivity contribution is -0.121. The molecule has 6 nitrogen and oxygen atoms in total. The van der Waals surface area contributed by atoms with Crippen molar-refractivity contribution < 1.29 is 9.18 Å². The Balaban J connectivity index is 1.67. The molecule has 0 spiro atoms. The molecule has 2 unspecified atom stereocenters. The van der Waals surface area contributed by atoms with Gasteiger partial charge >= 0.3 is 0 Å². The van der Waals surface area contributed by atoms with Crippen molar-refractivity contribution in [1.82, 2.24) is 20.2 Å². The van der Waals surface area contributed by atoms with E-state index < -0.39 is 0 Å². The molecule has 1 aromatic carbocycles. The van der Waals surface area contributed by atoms with E-state index in [-0.39, 0.29) is 30.1 Å². The van der Waals surface area contributed by atoms with Gasteiger partial charge in [-0.05, 0) is 31.8 Å². The van der Waals surface area contributed by atoms with Gasteiger partial charge < -0.3 is 15.1 Å². The minimum atomic E-state index is -0.349. The topological polar surface area (TPSA) is 61.4 Å². The minimum absolute atomic E-state index is 0.0273. The van der Waals surface area contributed by atoms with Crippen molar-refractivity contribution in [2.45, 2.75) is 12.5 Å². The van der Waals surface area contributed by atoms with Crippen molar-refractivity contribution in [1.29, 1.82) is 0 Å². The Bertz CT molecular complexity index is 740. The third-order valence-electron chi connectivity index (χ3n) is 4.53. The maximum atomic E-state index is 13.8. The lowest BCUT2D eigenvalue weighted by Crippen LogP contribution is -2.44. The van der Waals surface area contributed by atoms with E-state index in [1.807, 2.05) is 14.1 Å². The highest BCUT2D eigenvalue weighted by molar-refractivity contribution is 5.79. The molecule has 7 heteroatoms. The molecule has 1 amide bonds. The molecule has 1 aliphatic heterocycles. The first-order chi connectivity index (χ1) is 12.5. The van der Waals surface area contributed by atoms with Crippen LogP contribution in [0.25, 0.3) is 0 Å². The SMILES string of the molecule is CN(C)CC1CN(c2ncccn2)CC1NC(=O)Cc1ccccc1F. The second-order valence-corrected chi connectivity index (χ2v) is 6.92. The number of carbonyl (C=O) groups excluding carboxylic acids is 1. The molecule has 3 rings (SSSR count). The van der Waals surface area contributed by atoms with Crippen molar-refractivity contribution in [3.63, 3.8) is 0 Å². The van der Waals surface area contributed by atoms with Gasteiger partial charge in [0.1, 0.15) is 5.82 Å². The smallest absolute Gasteiger partial charge is 0.225 e. The van der Waals surface area contributed by atoms with Gasteiger partial charge in [-0.1, -0.05) is 18.2 Å². The fourth-order valence-electron chi connectivity index (χ4n) is 3.38. The van der Waals surface area contributed by atoms with E-state index in [1.165, 1.54) is 6.07 Å². The number of amides is 1. The number of halogens is 1. The molecule has 2 aromatic rings. The Morgan fingerprint density at radius 3 is 2.65 bits per heavy atom. The normalized spacial score (nSPS) is 19.8. The molecule has 1 aliphatic rings. The van der Waals surface area contributed by atoms with Crippen molar-refractivity contribution in [3.05, 3.63) is 54.1 Å². The summed E-state index contributed by atoms with van der Waals surface area (Å²) in [6.07, 6.45) is 3.47. The Morgan fingerprint density at radius 2 is 1.96 bits per heavy atom. The number of nitrogens with one attached hydrogen (secondary N) is 1. The summed E-state index contributed by atoms with van der Waals surface area (Å²) in [4.78, 5) is 25.3. The van der Waals surface area contributed by atoms with Crippen LogP contribution >= 0.6 is 0 Å². The summed E-state index contributed by atoms with van der Waals surface area (Å²) < 4.78 is 13.8. The Hall–Kier alpha value is -2.54. The molecule has 1 aromatic heterocycles. The van der Waals surface area contributed by atoms with E-state index in [0.29, 0.717) is 18.1 Å². The van der Waals surface area contributed by atoms with Crippen LogP contribution in [0.15, 0.2) is 42.7 Å². The van der Waals surface area contributed by atoms with Crippen LogP contribution in [0.3, 0.4) is 0 Å². The fraction of sp³-hybridized carbons (Fsp3) is 0.421. The van der Waals surface area contributed by atoms with Crippen LogP contribution in [0.2, 0.25) is 0 Å². The Labute approximate surface area is 153 Å². The number of carbonyl (C=O) groups is 1. The molecule has 2 atom stereocenters. The molecule has 0 radical (unpaired) electrons. The second-order valence-electron chi connectivity index (χ2n) is 6.92. The first kappa shape index (κ1) is 18.3. The van der Waals surface area contributed by atoms with Gasteiger partial charge in [-0.2, -0.15) is 0 Å². The number of anilines is 1. The first-order valence-corrected chi connectivity index (χ1v) is 8.72. The zero-order chi connectivity index (χ0) is 18.5. The molecule has 26 heavy (non-hydrogen) atoms. The van der Waals surface area contributed by atoms with Crippen molar-refractivity contribution in [2.75, 3.05) is 38.6 Å². The molecule has 2 heterocycles. The molecular formula is C19H24FN5O. The standard InChI is InChI=1S/C19H24FN5O/c1-24(2)11-15-12-25(19-21-8-5-9-22-19)13-17(15)23-18(26)10-14-6-3-4-7-16(14)20/h3-9,15,17H,10-13H2,1-2H3,(H,23,26). The predicted octanol–water partition coefficient (Wildman–Crippen LogP) is 1.34. The summed E-state index contributed by atoms with van der Waals surface area (Å²) >= 11 is 0. The highest BCUT2D eigenvalue weighted by atomic mass is 19.1. The minimum Gasteiger partial charge on any atom is -0.351 e. The molecule has 0 bridgehead atoms. The van der Waals surface area contributed by atoms with Crippen LogP contribution in [0, 0.1) is 11.7 Å². The maximum absolute atomic E-state index is 13.8. The molecule has 138 valence electrons. The van der Waals surface area contributed by atoms with Gasteiger partial charge in [-0.15, -0.1) is 0 Å². The fourth-order valence-corrected chi connectivity index (χ4v) is 3.38. The average molecular weight is 357 g/mol. The van der Waals surface area contributed by atoms with E-state index >= 15 is 0 Å². The van der Waals surface area contributed by atoms with Gasteiger partial charge in [0, 0.05) is 37.9 Å². The summed E-state index contributed by atoms with van der Waals surface area (Å²) in [5.74, 6) is 0.401. The molecule has 0 saturated carbocycles. The van der Waals surface area contributed by atoms with Gasteiger partial charge in [0.2, 0.25) is 11.9 Å². The lowest BCUT2D eigenvalue weighted by atomic mass is 10.0. The van der Waals surface area contributed by atoms with Gasteiger partial charge in [0.05, 0.1) is 12.5 Å². The summed E-state index contributed by atoms with van der Waals surface area (Å²) in [5.41, 5.74) is 0.412. The Morgan fingerprint density at radius 1 is 1.23 bits per heavy atom. The quantitative estimate of drug-likeness (QED) is 0.845. The number of benzene rings is 1. The van der Waals surface area contributed by atoms with Crippen molar-refractivity contribution >= 4 is 11.9 Å². The zero-order valence-corrected chi connectivity index (χ0v) is 15.1. The highest BCUT2D eigenvalue weighted by Gasteiger charge is 2.35. The summed E-state index contributed by atoms with van der Waals surface area (Å²) in [7, 11) is 4.03. The van der Waals surface area contributed by atoms with E-state index in [0.717, 1.165) is 13.1 Å². The monoisotopic (exact) mass is 357 g/mol. The van der Waals surface area contributed by atoms with Crippen molar-refractivity contribution in [3.8, 4) is 0 Å². The molecule has 0 aliphatic carbocycles. The van der Waals surface area contributed by atoms with E-state index in [9.17, 15) is 9.18 Å². The highest BCUT2D eigenvalue weighted by Crippen LogP contribution is 2.22. The van der Waals surface area contributed by atoms with Crippen molar-refractivity contribution in [2.24, 2.45) is 5.92 Å². The van der Waals surface area contributed by atoms with Crippen LogP contribution in [-0.4, -0.2) is 60.5 Å². The number of aromatic nitrogens is 2. The maximum Gasteiger partial charge on any atom is 0.225 e. The molecule has 1 N–H and O–H groups in total. The predicted molar refractivity (Wildman–Crippen MR) is 98.3 cm³/mol. The number of hydrogen-bond acceptors (Lipinski definition) is 5. The number of rotatable bonds is 6. The van der Waals surface area contributed by atoms with Crippen LogP contribution in [-0.2, 0) is 11.2 Å². The van der Waals surface area contributed by atoms with Crippen LogP contribution < -0.4 is 10.2 Å². The summed E-state index contributed by atoms with van der Waals surface area (Å²) in [6, 6.07) is 8.14. The number of hydrogen-bond donors (Lipinski definition) is 1. The molecule has 1 fully saturated rings. The second kappa shape index (κ2) is 8.23.